The van der Waals surface area contributed by atoms with E-state index < -0.39 is 11.1 Å². The van der Waals surface area contributed by atoms with Crippen LogP contribution in [0.1, 0.15) is 37.4 Å². The van der Waals surface area contributed by atoms with E-state index in [-0.39, 0.29) is 30.3 Å². The fourth-order valence-electron chi connectivity index (χ4n) is 5.56. The van der Waals surface area contributed by atoms with E-state index in [0.29, 0.717) is 35.6 Å². The zero-order valence-corrected chi connectivity index (χ0v) is 18.6. The van der Waals surface area contributed by atoms with Gasteiger partial charge in [0, 0.05) is 44.4 Å². The second kappa shape index (κ2) is 8.12. The first kappa shape index (κ1) is 21.9. The van der Waals surface area contributed by atoms with E-state index in [2.05, 4.69) is 25.6 Å². The third-order valence-corrected chi connectivity index (χ3v) is 7.30. The minimum Gasteiger partial charge on any atom is -0.501 e. The normalized spacial score (nSPS) is 30.2. The second-order valence-electron chi connectivity index (χ2n) is 9.53. The van der Waals surface area contributed by atoms with Crippen LogP contribution in [0, 0.1) is 5.41 Å². The molecule has 1 saturated heterocycles. The first-order valence-electron chi connectivity index (χ1n) is 11.2. The van der Waals surface area contributed by atoms with Crippen molar-refractivity contribution in [2.24, 2.45) is 11.1 Å². The minimum absolute atomic E-state index is 0.00948. The number of ether oxygens (including phenoxy) is 1. The monoisotopic (exact) mass is 451 g/mol. The SMILES string of the molecule is COC1=CC=CC(N)(C(=O)NC2(CCO)CC3(CNC3)CC2c2ncc3nccnc3n2)C1. The maximum atomic E-state index is 13.6. The van der Waals surface area contributed by atoms with Crippen molar-refractivity contribution in [1.29, 1.82) is 0 Å². The van der Waals surface area contributed by atoms with Crippen LogP contribution in [0.2, 0.25) is 0 Å². The topological polar surface area (TPSA) is 148 Å². The number of amides is 1. The van der Waals surface area contributed by atoms with E-state index in [0.717, 1.165) is 19.5 Å². The van der Waals surface area contributed by atoms with Gasteiger partial charge in [-0.25, -0.2) is 19.9 Å². The molecule has 5 N–H and O–H groups in total. The van der Waals surface area contributed by atoms with Crippen LogP contribution >= 0.6 is 0 Å². The molecule has 2 aromatic heterocycles. The highest BCUT2D eigenvalue weighted by Crippen LogP contribution is 2.55. The number of allylic oxidation sites excluding steroid dienone is 2. The molecule has 1 saturated carbocycles. The highest BCUT2D eigenvalue weighted by molar-refractivity contribution is 5.90. The summed E-state index contributed by atoms with van der Waals surface area (Å²) >= 11 is 0. The molecular formula is C23H29N7O3. The Balaban J connectivity index is 1.51. The molecule has 2 fully saturated rings. The van der Waals surface area contributed by atoms with E-state index in [1.807, 2.05) is 0 Å². The summed E-state index contributed by atoms with van der Waals surface area (Å²) in [5.74, 6) is 0.745. The molecule has 3 unspecified atom stereocenters. The number of aliphatic hydroxyl groups is 1. The Morgan fingerprint density at radius 3 is 2.88 bits per heavy atom. The Bertz CT molecular complexity index is 1130. The zero-order chi connectivity index (χ0) is 23.1. The van der Waals surface area contributed by atoms with Crippen molar-refractivity contribution in [1.82, 2.24) is 30.6 Å². The third-order valence-electron chi connectivity index (χ3n) is 7.30. The van der Waals surface area contributed by atoms with Crippen LogP contribution in [0.5, 0.6) is 0 Å². The number of nitrogens with two attached hydrogens (primary N) is 1. The molecule has 174 valence electrons. The van der Waals surface area contributed by atoms with Crippen molar-refractivity contribution in [2.75, 3.05) is 26.8 Å². The summed E-state index contributed by atoms with van der Waals surface area (Å²) in [4.78, 5) is 31.5. The lowest BCUT2D eigenvalue weighted by molar-refractivity contribution is -0.127. The molecule has 10 nitrogen and oxygen atoms in total. The number of hydrogen-bond donors (Lipinski definition) is 4. The standard InChI is InChI=1S/C23H29N7O3/c1-33-15-3-2-4-22(24,9-15)20(32)30-23(5-8-31)12-21(13-25-14-21)10-16(23)18-28-11-17-19(29-18)27-7-6-26-17/h2-4,6-7,11,16,25,31H,5,8-10,12-14,24H2,1H3,(H,30,32). The van der Waals surface area contributed by atoms with Crippen molar-refractivity contribution in [3.63, 3.8) is 0 Å². The molecule has 2 aliphatic carbocycles. The van der Waals surface area contributed by atoms with Crippen LogP contribution in [-0.4, -0.2) is 68.8 Å². The lowest BCUT2D eigenvalue weighted by atomic mass is 9.77. The smallest absolute Gasteiger partial charge is 0.245 e. The molecule has 5 rings (SSSR count). The molecule has 3 heterocycles. The Labute approximate surface area is 191 Å². The second-order valence-corrected chi connectivity index (χ2v) is 9.53. The van der Waals surface area contributed by atoms with Crippen LogP contribution in [-0.2, 0) is 9.53 Å². The molecule has 3 aliphatic rings. The number of nitrogens with one attached hydrogen (secondary N) is 2. The Hall–Kier alpha value is -2.95. The summed E-state index contributed by atoms with van der Waals surface area (Å²) in [6, 6.07) is 0. The molecule has 1 amide bonds. The zero-order valence-electron chi connectivity index (χ0n) is 18.6. The molecule has 3 atom stereocenters. The van der Waals surface area contributed by atoms with Crippen LogP contribution in [0.4, 0.5) is 0 Å². The van der Waals surface area contributed by atoms with Gasteiger partial charge in [-0.15, -0.1) is 0 Å². The van der Waals surface area contributed by atoms with Crippen molar-refractivity contribution in [3.05, 3.63) is 48.4 Å². The molecule has 33 heavy (non-hydrogen) atoms. The van der Waals surface area contributed by atoms with E-state index in [9.17, 15) is 9.90 Å². The summed E-state index contributed by atoms with van der Waals surface area (Å²) in [5.41, 5.74) is 5.69. The van der Waals surface area contributed by atoms with Crippen molar-refractivity contribution in [2.45, 2.75) is 42.7 Å². The van der Waals surface area contributed by atoms with Gasteiger partial charge < -0.3 is 26.2 Å². The Kier molecular flexibility index (Phi) is 5.38. The number of nitrogens with zero attached hydrogens (tertiary/aromatic N) is 4. The van der Waals surface area contributed by atoms with Gasteiger partial charge in [0.05, 0.1) is 24.6 Å². The third kappa shape index (κ3) is 3.77. The molecule has 10 heteroatoms. The number of aromatic nitrogens is 4. The molecule has 1 aliphatic heterocycles. The quantitative estimate of drug-likeness (QED) is 0.487. The minimum atomic E-state index is -1.24. The molecule has 0 aromatic carbocycles. The van der Waals surface area contributed by atoms with E-state index in [1.165, 1.54) is 0 Å². The summed E-state index contributed by atoms with van der Waals surface area (Å²) in [7, 11) is 1.57. The number of aliphatic hydroxyl groups excluding tert-OH is 1. The lowest BCUT2D eigenvalue weighted by Gasteiger charge is -2.42. The summed E-state index contributed by atoms with van der Waals surface area (Å²) in [6.45, 7) is 1.62. The predicted octanol–water partition coefficient (Wildman–Crippen LogP) is 0.312. The maximum Gasteiger partial charge on any atom is 0.245 e. The highest BCUT2D eigenvalue weighted by atomic mass is 16.5. The Morgan fingerprint density at radius 2 is 2.15 bits per heavy atom. The number of carbonyl (C=O) groups excluding carboxylic acids is 1. The van der Waals surface area contributed by atoms with E-state index in [1.54, 1.807) is 43.9 Å². The maximum absolute atomic E-state index is 13.6. The van der Waals surface area contributed by atoms with Gasteiger partial charge in [0.2, 0.25) is 5.91 Å². The lowest BCUT2D eigenvalue weighted by Crippen LogP contribution is -2.62. The van der Waals surface area contributed by atoms with Gasteiger partial charge in [0.25, 0.3) is 0 Å². The van der Waals surface area contributed by atoms with E-state index >= 15 is 0 Å². The van der Waals surface area contributed by atoms with Gasteiger partial charge >= 0.3 is 0 Å². The first-order valence-corrected chi connectivity index (χ1v) is 11.2. The Morgan fingerprint density at radius 1 is 1.33 bits per heavy atom. The number of carbonyl (C=O) groups is 1. The molecule has 1 spiro atoms. The van der Waals surface area contributed by atoms with Crippen LogP contribution < -0.4 is 16.4 Å². The predicted molar refractivity (Wildman–Crippen MR) is 121 cm³/mol. The van der Waals surface area contributed by atoms with Crippen LogP contribution in [0.25, 0.3) is 11.2 Å². The molecule has 0 bridgehead atoms. The van der Waals surface area contributed by atoms with Gasteiger partial charge in [0.15, 0.2) is 5.65 Å². The number of rotatable bonds is 6. The van der Waals surface area contributed by atoms with Gasteiger partial charge in [-0.1, -0.05) is 12.2 Å². The highest BCUT2D eigenvalue weighted by Gasteiger charge is 2.59. The number of fused-ring (bicyclic) bond motifs is 1. The average Bonchev–Trinajstić information content (AvgIpc) is 3.14. The molecule has 2 aromatic rings. The van der Waals surface area contributed by atoms with Crippen LogP contribution in [0.3, 0.4) is 0 Å². The van der Waals surface area contributed by atoms with E-state index in [4.69, 9.17) is 15.5 Å². The fraction of sp³-hybridized carbons (Fsp3) is 0.522. The molecule has 0 radical (unpaired) electrons. The van der Waals surface area contributed by atoms with Gasteiger partial charge in [-0.05, 0) is 30.8 Å². The largest absolute Gasteiger partial charge is 0.501 e. The van der Waals surface area contributed by atoms with Crippen molar-refractivity contribution < 1.29 is 14.6 Å². The fourth-order valence-corrected chi connectivity index (χ4v) is 5.56. The van der Waals surface area contributed by atoms with Crippen molar-refractivity contribution >= 4 is 17.1 Å². The first-order chi connectivity index (χ1) is 15.9. The summed E-state index contributed by atoms with van der Waals surface area (Å²) in [6.07, 6.45) is 12.3. The molecular weight excluding hydrogens is 422 g/mol. The van der Waals surface area contributed by atoms with Gasteiger partial charge in [-0.3, -0.25) is 4.79 Å². The summed E-state index contributed by atoms with van der Waals surface area (Å²) in [5, 5.41) is 16.7. The number of methoxy groups -OCH3 is 1. The van der Waals surface area contributed by atoms with Crippen LogP contribution in [0.15, 0.2) is 42.6 Å². The van der Waals surface area contributed by atoms with Gasteiger partial charge in [0.1, 0.15) is 16.9 Å². The average molecular weight is 452 g/mol. The van der Waals surface area contributed by atoms with Crippen molar-refractivity contribution in [3.8, 4) is 0 Å². The summed E-state index contributed by atoms with van der Waals surface area (Å²) < 4.78 is 5.34. The number of hydrogen-bond acceptors (Lipinski definition) is 9. The van der Waals surface area contributed by atoms with Gasteiger partial charge in [-0.2, -0.15) is 0 Å².